The molecule has 0 fully saturated rings. The molecule has 0 spiro atoms. The third-order valence-electron chi connectivity index (χ3n) is 3.83. The smallest absolute Gasteiger partial charge is 0.314 e. The molecule has 8 nitrogen and oxygen atoms in total. The summed E-state index contributed by atoms with van der Waals surface area (Å²) < 4.78 is 6.85. The average Bonchev–Trinajstić information content (AvgIpc) is 3.31. The minimum Gasteiger partial charge on any atom is -0.356 e. The quantitative estimate of drug-likeness (QED) is 0.404. The highest BCUT2D eigenvalue weighted by Gasteiger charge is 2.21. The molecule has 1 aromatic carbocycles. The van der Waals surface area contributed by atoms with Gasteiger partial charge in [0.1, 0.15) is 11.9 Å². The van der Waals surface area contributed by atoms with Crippen molar-refractivity contribution < 1.29 is 9.45 Å². The van der Waals surface area contributed by atoms with E-state index >= 15 is 0 Å². The molecule has 0 aliphatic heterocycles. The SMILES string of the molecule is O=[N+]([O-])c1cn(Cc2cc(-c3ccccc3)on2)nc1-c1ccncc1. The Hall–Kier alpha value is -3.81. The Balaban J connectivity index is 1.63. The van der Waals surface area contributed by atoms with E-state index in [0.29, 0.717) is 22.7 Å². The standard InChI is InChI=1S/C18H13N5O3/c24-23(25)16-12-22(20-18(16)14-6-8-19-9-7-14)11-15-10-17(26-21-15)13-4-2-1-3-5-13/h1-10,12H,11H2. The summed E-state index contributed by atoms with van der Waals surface area (Å²) in [6.45, 7) is 0.266. The van der Waals surface area contributed by atoms with Gasteiger partial charge in [0.25, 0.3) is 0 Å². The molecule has 8 heteroatoms. The summed E-state index contributed by atoms with van der Waals surface area (Å²) in [4.78, 5) is 14.8. The number of benzene rings is 1. The van der Waals surface area contributed by atoms with Crippen LogP contribution in [0.5, 0.6) is 0 Å². The first-order valence-corrected chi connectivity index (χ1v) is 7.84. The fourth-order valence-electron chi connectivity index (χ4n) is 2.63. The highest BCUT2D eigenvalue weighted by atomic mass is 16.6. The molecule has 0 bridgehead atoms. The van der Waals surface area contributed by atoms with Crippen LogP contribution in [-0.2, 0) is 6.54 Å². The van der Waals surface area contributed by atoms with Gasteiger partial charge < -0.3 is 4.52 Å². The second-order valence-corrected chi connectivity index (χ2v) is 5.60. The molecule has 0 amide bonds. The van der Waals surface area contributed by atoms with Crippen molar-refractivity contribution in [3.8, 4) is 22.6 Å². The van der Waals surface area contributed by atoms with E-state index in [-0.39, 0.29) is 12.2 Å². The number of nitro groups is 1. The molecule has 0 aliphatic rings. The first-order chi connectivity index (χ1) is 12.7. The third-order valence-corrected chi connectivity index (χ3v) is 3.83. The van der Waals surface area contributed by atoms with Gasteiger partial charge in [0.2, 0.25) is 0 Å². The fourth-order valence-corrected chi connectivity index (χ4v) is 2.63. The van der Waals surface area contributed by atoms with E-state index in [9.17, 15) is 10.1 Å². The van der Waals surface area contributed by atoms with E-state index in [1.54, 1.807) is 30.6 Å². The first-order valence-electron chi connectivity index (χ1n) is 7.84. The molecule has 0 atom stereocenters. The lowest BCUT2D eigenvalue weighted by atomic mass is 10.2. The summed E-state index contributed by atoms with van der Waals surface area (Å²) in [7, 11) is 0. The van der Waals surface area contributed by atoms with Gasteiger partial charge in [-0.25, -0.2) is 0 Å². The van der Waals surface area contributed by atoms with Gasteiger partial charge in [-0.2, -0.15) is 5.10 Å². The molecule has 26 heavy (non-hydrogen) atoms. The van der Waals surface area contributed by atoms with E-state index in [2.05, 4.69) is 15.2 Å². The Morgan fingerprint density at radius 3 is 2.58 bits per heavy atom. The van der Waals surface area contributed by atoms with Gasteiger partial charge in [-0.05, 0) is 12.1 Å². The molecular formula is C18H13N5O3. The van der Waals surface area contributed by atoms with Crippen LogP contribution in [0.15, 0.2) is 71.6 Å². The second-order valence-electron chi connectivity index (χ2n) is 5.60. The molecule has 0 unspecified atom stereocenters. The van der Waals surface area contributed by atoms with E-state index in [1.807, 2.05) is 30.3 Å². The summed E-state index contributed by atoms with van der Waals surface area (Å²) in [5.41, 5.74) is 2.40. The molecule has 0 saturated heterocycles. The van der Waals surface area contributed by atoms with Crippen LogP contribution >= 0.6 is 0 Å². The number of hydrogen-bond donors (Lipinski definition) is 0. The largest absolute Gasteiger partial charge is 0.356 e. The zero-order valence-electron chi connectivity index (χ0n) is 13.5. The number of aromatic nitrogens is 4. The molecule has 4 aromatic rings. The first kappa shape index (κ1) is 15.7. The summed E-state index contributed by atoms with van der Waals surface area (Å²) in [6.07, 6.45) is 4.54. The lowest BCUT2D eigenvalue weighted by Crippen LogP contribution is -2.00. The van der Waals surface area contributed by atoms with Crippen molar-refractivity contribution in [1.82, 2.24) is 19.9 Å². The molecule has 4 rings (SSSR count). The normalized spacial score (nSPS) is 10.8. The highest BCUT2D eigenvalue weighted by molar-refractivity contribution is 5.68. The number of nitrogens with zero attached hydrogens (tertiary/aromatic N) is 5. The maximum absolute atomic E-state index is 11.4. The topological polar surface area (TPSA) is 99.9 Å². The lowest BCUT2D eigenvalue weighted by Gasteiger charge is -1.96. The summed E-state index contributed by atoms with van der Waals surface area (Å²) in [5, 5.41) is 19.7. The van der Waals surface area contributed by atoms with Crippen molar-refractivity contribution in [2.45, 2.75) is 6.54 Å². The molecule has 3 heterocycles. The van der Waals surface area contributed by atoms with Crippen molar-refractivity contribution in [2.75, 3.05) is 0 Å². The molecule has 0 aliphatic carbocycles. The molecule has 0 saturated carbocycles. The number of hydrogen-bond acceptors (Lipinski definition) is 6. The van der Waals surface area contributed by atoms with Crippen LogP contribution < -0.4 is 0 Å². The van der Waals surface area contributed by atoms with E-state index in [4.69, 9.17) is 4.52 Å². The van der Waals surface area contributed by atoms with Gasteiger partial charge in [0, 0.05) is 29.6 Å². The van der Waals surface area contributed by atoms with Crippen LogP contribution in [-0.4, -0.2) is 24.8 Å². The minimum absolute atomic E-state index is 0.0667. The van der Waals surface area contributed by atoms with Crippen molar-refractivity contribution in [3.05, 3.63) is 82.9 Å². The van der Waals surface area contributed by atoms with E-state index in [1.165, 1.54) is 10.9 Å². The van der Waals surface area contributed by atoms with Gasteiger partial charge in [-0.3, -0.25) is 19.8 Å². The molecule has 3 aromatic heterocycles. The Kier molecular flexibility index (Phi) is 3.98. The van der Waals surface area contributed by atoms with Crippen molar-refractivity contribution in [3.63, 3.8) is 0 Å². The van der Waals surface area contributed by atoms with Gasteiger partial charge in [0.05, 0.1) is 11.5 Å². The van der Waals surface area contributed by atoms with Crippen molar-refractivity contribution >= 4 is 5.69 Å². The van der Waals surface area contributed by atoms with Crippen molar-refractivity contribution in [2.24, 2.45) is 0 Å². The zero-order valence-corrected chi connectivity index (χ0v) is 13.5. The number of rotatable bonds is 5. The summed E-state index contributed by atoms with van der Waals surface area (Å²) >= 11 is 0. The van der Waals surface area contributed by atoms with Gasteiger partial charge in [-0.15, -0.1) is 0 Å². The van der Waals surface area contributed by atoms with Crippen LogP contribution in [0.2, 0.25) is 0 Å². The zero-order chi connectivity index (χ0) is 17.9. The monoisotopic (exact) mass is 347 g/mol. The Morgan fingerprint density at radius 1 is 1.08 bits per heavy atom. The maximum Gasteiger partial charge on any atom is 0.314 e. The van der Waals surface area contributed by atoms with Crippen LogP contribution in [0.3, 0.4) is 0 Å². The molecule has 128 valence electrons. The van der Waals surface area contributed by atoms with Crippen LogP contribution in [0, 0.1) is 10.1 Å². The summed E-state index contributed by atoms with van der Waals surface area (Å²) in [6, 6.07) is 14.8. The fraction of sp³-hybridized carbons (Fsp3) is 0.0556. The molecule has 0 radical (unpaired) electrons. The van der Waals surface area contributed by atoms with Crippen LogP contribution in [0.25, 0.3) is 22.6 Å². The van der Waals surface area contributed by atoms with E-state index in [0.717, 1.165) is 5.56 Å². The van der Waals surface area contributed by atoms with Crippen LogP contribution in [0.1, 0.15) is 5.69 Å². The Morgan fingerprint density at radius 2 is 1.85 bits per heavy atom. The summed E-state index contributed by atoms with van der Waals surface area (Å²) in [5.74, 6) is 0.636. The molecular weight excluding hydrogens is 334 g/mol. The maximum atomic E-state index is 11.4. The Bertz CT molecular complexity index is 1040. The van der Waals surface area contributed by atoms with E-state index < -0.39 is 4.92 Å². The predicted octanol–water partition coefficient (Wildman–Crippen LogP) is 3.56. The highest BCUT2D eigenvalue weighted by Crippen LogP contribution is 2.28. The van der Waals surface area contributed by atoms with Crippen LogP contribution in [0.4, 0.5) is 5.69 Å². The van der Waals surface area contributed by atoms with Gasteiger partial charge >= 0.3 is 5.69 Å². The van der Waals surface area contributed by atoms with Gasteiger partial charge in [0.15, 0.2) is 11.5 Å². The Labute approximate surface area is 147 Å². The number of pyridine rings is 1. The average molecular weight is 347 g/mol. The predicted molar refractivity (Wildman–Crippen MR) is 93.2 cm³/mol. The molecule has 0 N–H and O–H groups in total. The van der Waals surface area contributed by atoms with Crippen molar-refractivity contribution in [1.29, 1.82) is 0 Å². The lowest BCUT2D eigenvalue weighted by molar-refractivity contribution is -0.384. The minimum atomic E-state index is -0.447. The third kappa shape index (κ3) is 3.07. The van der Waals surface area contributed by atoms with Gasteiger partial charge in [-0.1, -0.05) is 35.5 Å². The second kappa shape index (κ2) is 6.60.